The van der Waals surface area contributed by atoms with E-state index >= 15 is 0 Å². The van der Waals surface area contributed by atoms with Crippen molar-refractivity contribution in [2.45, 2.75) is 0 Å². The maximum absolute atomic E-state index is 11.7. The first-order valence-corrected chi connectivity index (χ1v) is 9.41. The normalized spacial score (nSPS) is 10.6. The monoisotopic (exact) mass is 433 g/mol. The average molecular weight is 433 g/mol. The first-order valence-electron chi connectivity index (χ1n) is 9.41. The number of aromatic amines is 1. The van der Waals surface area contributed by atoms with Crippen molar-refractivity contribution in [2.24, 2.45) is 0 Å². The molecule has 0 bridgehead atoms. The largest absolute Gasteiger partial charge is 0.504 e. The Kier molecular flexibility index (Phi) is 5.30. The minimum Gasteiger partial charge on any atom is -0.504 e. The van der Waals surface area contributed by atoms with Crippen LogP contribution in [0.5, 0.6) is 17.2 Å². The molecule has 2 aromatic carbocycles. The van der Waals surface area contributed by atoms with Crippen molar-refractivity contribution in [3.63, 3.8) is 0 Å². The fourth-order valence-corrected chi connectivity index (χ4v) is 3.36. The fraction of sp³-hybridized carbons (Fsp3) is 0.136. The highest BCUT2D eigenvalue weighted by Crippen LogP contribution is 2.42. The number of phenolic OH excluding ortho intramolecular Hbond substituents is 1. The number of fused-ring (bicyclic) bond motifs is 1. The van der Waals surface area contributed by atoms with Crippen molar-refractivity contribution < 1.29 is 24.1 Å². The summed E-state index contributed by atoms with van der Waals surface area (Å²) in [4.78, 5) is 14.9. The number of nitrogens with zero attached hydrogens (tertiary/aromatic N) is 3. The molecule has 0 spiro atoms. The summed E-state index contributed by atoms with van der Waals surface area (Å²) in [7, 11) is 4.23. The molecule has 0 unspecified atom stereocenters. The van der Waals surface area contributed by atoms with Gasteiger partial charge in [0, 0.05) is 11.3 Å². The summed E-state index contributed by atoms with van der Waals surface area (Å²) in [5, 5.41) is 27.4. The number of benzene rings is 2. The molecule has 4 aromatic rings. The smallest absolute Gasteiger partial charge is 0.337 e. The molecule has 0 radical (unpaired) electrons. The zero-order valence-corrected chi connectivity index (χ0v) is 17.5. The van der Waals surface area contributed by atoms with E-state index in [9.17, 15) is 15.2 Å². The van der Waals surface area contributed by atoms with Gasteiger partial charge in [-0.2, -0.15) is 14.9 Å². The van der Waals surface area contributed by atoms with Crippen LogP contribution in [0.15, 0.2) is 42.6 Å². The number of nitrogens with one attached hydrogen (secondary N) is 2. The second-order valence-corrected chi connectivity index (χ2v) is 6.70. The molecule has 32 heavy (non-hydrogen) atoms. The first-order chi connectivity index (χ1) is 15.5. The zero-order chi connectivity index (χ0) is 22.8. The lowest BCUT2D eigenvalue weighted by molar-refractivity contribution is 0.0600. The Morgan fingerprint density at radius 1 is 1.19 bits per heavy atom. The Hall–Kier alpha value is -4.65. The Morgan fingerprint density at radius 3 is 2.56 bits per heavy atom. The summed E-state index contributed by atoms with van der Waals surface area (Å²) in [6.07, 6.45) is 1.45. The van der Waals surface area contributed by atoms with E-state index in [0.29, 0.717) is 45.3 Å². The van der Waals surface area contributed by atoms with E-state index in [0.717, 1.165) is 0 Å². The number of esters is 1. The predicted molar refractivity (Wildman–Crippen MR) is 116 cm³/mol. The van der Waals surface area contributed by atoms with Crippen LogP contribution in [-0.2, 0) is 4.74 Å². The molecule has 0 aliphatic carbocycles. The molecular formula is C22H19N5O5. The van der Waals surface area contributed by atoms with E-state index in [2.05, 4.69) is 21.5 Å². The molecule has 0 amide bonds. The van der Waals surface area contributed by atoms with Crippen LogP contribution in [-0.4, -0.2) is 47.0 Å². The molecule has 2 heterocycles. The van der Waals surface area contributed by atoms with Crippen LogP contribution in [0.1, 0.15) is 15.9 Å². The highest BCUT2D eigenvalue weighted by molar-refractivity contribution is 5.90. The molecule has 0 saturated carbocycles. The standard InChI is InChI=1S/C22H19N5O5/c1-30-17-9-13(8-16(28)19(17)31-2)18-21(27-20(26-18)14(10-23)11-24-27)25-15-6-4-12(5-7-15)22(29)32-3/h4-9,11,25-26,28H,1-3H3. The van der Waals surface area contributed by atoms with Crippen LogP contribution in [0, 0.1) is 11.3 Å². The van der Waals surface area contributed by atoms with Crippen molar-refractivity contribution >= 4 is 23.1 Å². The molecule has 162 valence electrons. The number of hydrogen-bond donors (Lipinski definition) is 3. The molecule has 10 heteroatoms. The molecule has 0 aliphatic heterocycles. The second kappa shape index (κ2) is 8.23. The van der Waals surface area contributed by atoms with Crippen LogP contribution < -0.4 is 14.8 Å². The molecule has 4 rings (SSSR count). The van der Waals surface area contributed by atoms with Gasteiger partial charge in [0.05, 0.1) is 38.8 Å². The van der Waals surface area contributed by atoms with Gasteiger partial charge in [0.1, 0.15) is 11.6 Å². The van der Waals surface area contributed by atoms with Crippen LogP contribution in [0.3, 0.4) is 0 Å². The van der Waals surface area contributed by atoms with Crippen molar-refractivity contribution in [1.82, 2.24) is 14.6 Å². The molecule has 10 nitrogen and oxygen atoms in total. The quantitative estimate of drug-likeness (QED) is 0.394. The molecule has 0 fully saturated rings. The van der Waals surface area contributed by atoms with Crippen molar-refractivity contribution in [3.05, 3.63) is 53.7 Å². The van der Waals surface area contributed by atoms with E-state index < -0.39 is 5.97 Å². The van der Waals surface area contributed by atoms with Gasteiger partial charge in [0.2, 0.25) is 5.75 Å². The zero-order valence-electron chi connectivity index (χ0n) is 17.5. The van der Waals surface area contributed by atoms with Gasteiger partial charge < -0.3 is 29.6 Å². The minimum atomic E-state index is -0.437. The predicted octanol–water partition coefficient (Wildman–Crippen LogP) is 3.45. The van der Waals surface area contributed by atoms with Gasteiger partial charge in [-0.05, 0) is 36.4 Å². The van der Waals surface area contributed by atoms with Gasteiger partial charge >= 0.3 is 5.97 Å². The number of methoxy groups -OCH3 is 3. The number of phenols is 1. The van der Waals surface area contributed by atoms with Gasteiger partial charge in [-0.15, -0.1) is 0 Å². The second-order valence-electron chi connectivity index (χ2n) is 6.70. The van der Waals surface area contributed by atoms with E-state index in [1.54, 1.807) is 34.8 Å². The van der Waals surface area contributed by atoms with E-state index in [4.69, 9.17) is 14.2 Å². The van der Waals surface area contributed by atoms with Crippen molar-refractivity contribution in [3.8, 4) is 34.6 Å². The topological polar surface area (TPSA) is 134 Å². The molecule has 0 saturated heterocycles. The maximum Gasteiger partial charge on any atom is 0.337 e. The minimum absolute atomic E-state index is 0.108. The summed E-state index contributed by atoms with van der Waals surface area (Å²) >= 11 is 0. The maximum atomic E-state index is 11.7. The Balaban J connectivity index is 1.85. The third kappa shape index (κ3) is 3.41. The third-order valence-electron chi connectivity index (χ3n) is 4.90. The van der Waals surface area contributed by atoms with Crippen LogP contribution >= 0.6 is 0 Å². The summed E-state index contributed by atoms with van der Waals surface area (Å²) in [6.45, 7) is 0. The van der Waals surface area contributed by atoms with Crippen LogP contribution in [0.25, 0.3) is 16.9 Å². The number of H-pyrrole nitrogens is 1. The molecule has 0 atom stereocenters. The Labute approximate surface area is 182 Å². The van der Waals surface area contributed by atoms with Crippen molar-refractivity contribution in [2.75, 3.05) is 26.6 Å². The summed E-state index contributed by atoms with van der Waals surface area (Å²) in [5.41, 5.74) is 3.03. The van der Waals surface area contributed by atoms with Crippen molar-refractivity contribution in [1.29, 1.82) is 5.26 Å². The van der Waals surface area contributed by atoms with Gasteiger partial charge in [-0.3, -0.25) is 0 Å². The van der Waals surface area contributed by atoms with Crippen LogP contribution in [0.2, 0.25) is 0 Å². The Morgan fingerprint density at radius 2 is 1.94 bits per heavy atom. The Bertz CT molecular complexity index is 1350. The number of carbonyl (C=O) groups is 1. The summed E-state index contributed by atoms with van der Waals surface area (Å²) < 4.78 is 16.8. The number of nitriles is 1. The lowest BCUT2D eigenvalue weighted by atomic mass is 10.1. The molecular weight excluding hydrogens is 414 g/mol. The lowest BCUT2D eigenvalue weighted by Gasteiger charge is -2.13. The number of aromatic nitrogens is 3. The number of carbonyl (C=O) groups excluding carboxylic acids is 1. The van der Waals surface area contributed by atoms with Gasteiger partial charge in [0.25, 0.3) is 0 Å². The number of aromatic hydroxyl groups is 1. The van der Waals surface area contributed by atoms with E-state index in [1.165, 1.54) is 33.6 Å². The third-order valence-corrected chi connectivity index (χ3v) is 4.90. The average Bonchev–Trinajstić information content (AvgIpc) is 3.38. The number of imidazole rings is 1. The van der Waals surface area contributed by atoms with Gasteiger partial charge in [-0.1, -0.05) is 0 Å². The highest BCUT2D eigenvalue weighted by Gasteiger charge is 2.21. The first kappa shape index (κ1) is 20.6. The fourth-order valence-electron chi connectivity index (χ4n) is 3.36. The number of ether oxygens (including phenoxy) is 3. The van der Waals surface area contributed by atoms with E-state index in [1.807, 2.05) is 0 Å². The highest BCUT2D eigenvalue weighted by atomic mass is 16.5. The SMILES string of the molecule is COC(=O)c1ccc(Nc2c(-c3cc(O)c(OC)c(OC)c3)[nH]c3c(C#N)cnn23)cc1. The summed E-state index contributed by atoms with van der Waals surface area (Å²) in [6, 6.07) is 12.0. The lowest BCUT2D eigenvalue weighted by Crippen LogP contribution is -2.02. The van der Waals surface area contributed by atoms with Crippen LogP contribution in [0.4, 0.5) is 11.5 Å². The van der Waals surface area contributed by atoms with Gasteiger partial charge in [-0.25, -0.2) is 4.79 Å². The molecule has 0 aliphatic rings. The number of rotatable bonds is 6. The molecule has 3 N–H and O–H groups in total. The number of hydrogen-bond acceptors (Lipinski definition) is 8. The number of anilines is 2. The van der Waals surface area contributed by atoms with E-state index in [-0.39, 0.29) is 11.5 Å². The molecule has 2 aromatic heterocycles. The van der Waals surface area contributed by atoms with Gasteiger partial charge in [0.15, 0.2) is 23.0 Å². The summed E-state index contributed by atoms with van der Waals surface area (Å²) in [5.74, 6) is 0.511.